The minimum atomic E-state index is -0.0848. The third-order valence-electron chi connectivity index (χ3n) is 3.55. The average molecular weight is 279 g/mol. The highest BCUT2D eigenvalue weighted by Gasteiger charge is 2.01. The lowest BCUT2D eigenvalue weighted by Gasteiger charge is -2.05. The minimum Gasteiger partial charge on any atom is -0.337 e. The van der Waals surface area contributed by atoms with Crippen LogP contribution in [0.1, 0.15) is 71.1 Å². The number of aromatic nitrogens is 2. The lowest BCUT2D eigenvalue weighted by atomic mass is 10.1. The van der Waals surface area contributed by atoms with Gasteiger partial charge in [0.25, 0.3) is 0 Å². The normalized spacial score (nSPS) is 10.7. The Balaban J connectivity index is 1.82. The van der Waals surface area contributed by atoms with Crippen LogP contribution in [0.5, 0.6) is 0 Å². The summed E-state index contributed by atoms with van der Waals surface area (Å²) in [4.78, 5) is 15.4. The quantitative estimate of drug-likeness (QED) is 0.612. The van der Waals surface area contributed by atoms with Crippen LogP contribution >= 0.6 is 0 Å². The standard InChI is InChI=1S/C16H29N3O/c1-2-3-4-5-6-7-8-9-10-11-12-18-16(20)19-14-13-17-15-19/h13-15H,2-12H2,1H3,(H,18,20). The van der Waals surface area contributed by atoms with E-state index in [9.17, 15) is 4.79 Å². The highest BCUT2D eigenvalue weighted by Crippen LogP contribution is 2.10. The van der Waals surface area contributed by atoms with E-state index in [1.54, 1.807) is 12.4 Å². The van der Waals surface area contributed by atoms with Crippen LogP contribution in [-0.4, -0.2) is 22.1 Å². The van der Waals surface area contributed by atoms with Crippen molar-refractivity contribution in [3.8, 4) is 0 Å². The van der Waals surface area contributed by atoms with Crippen LogP contribution in [0.2, 0.25) is 0 Å². The molecule has 4 heteroatoms. The molecule has 0 aliphatic heterocycles. The fourth-order valence-electron chi connectivity index (χ4n) is 2.28. The number of hydrogen-bond donors (Lipinski definition) is 1. The zero-order valence-electron chi connectivity index (χ0n) is 12.8. The van der Waals surface area contributed by atoms with E-state index in [0.717, 1.165) is 13.0 Å². The third-order valence-corrected chi connectivity index (χ3v) is 3.55. The maximum atomic E-state index is 11.6. The predicted molar refractivity (Wildman–Crippen MR) is 82.9 cm³/mol. The van der Waals surface area contributed by atoms with E-state index in [1.165, 1.54) is 68.7 Å². The Morgan fingerprint density at radius 1 is 1.00 bits per heavy atom. The Labute approximate surface area is 123 Å². The molecule has 114 valence electrons. The van der Waals surface area contributed by atoms with Gasteiger partial charge in [-0.2, -0.15) is 0 Å². The molecule has 1 heterocycles. The van der Waals surface area contributed by atoms with Crippen molar-refractivity contribution < 1.29 is 4.79 Å². The minimum absolute atomic E-state index is 0.0848. The predicted octanol–water partition coefficient (Wildman–Crippen LogP) is 4.36. The third kappa shape index (κ3) is 7.97. The molecular weight excluding hydrogens is 250 g/mol. The molecule has 1 N–H and O–H groups in total. The fraction of sp³-hybridized carbons (Fsp3) is 0.750. The first-order valence-corrected chi connectivity index (χ1v) is 8.10. The zero-order valence-corrected chi connectivity index (χ0v) is 12.8. The summed E-state index contributed by atoms with van der Waals surface area (Å²) in [6.07, 6.45) is 17.9. The first-order valence-electron chi connectivity index (χ1n) is 8.10. The molecule has 1 aromatic heterocycles. The molecule has 0 spiro atoms. The molecule has 0 saturated heterocycles. The van der Waals surface area contributed by atoms with Gasteiger partial charge in [-0.3, -0.25) is 4.57 Å². The van der Waals surface area contributed by atoms with Crippen LogP contribution in [0.15, 0.2) is 18.7 Å². The van der Waals surface area contributed by atoms with E-state index in [2.05, 4.69) is 17.2 Å². The van der Waals surface area contributed by atoms with E-state index in [-0.39, 0.29) is 6.03 Å². The average Bonchev–Trinajstić information content (AvgIpc) is 2.99. The van der Waals surface area contributed by atoms with E-state index in [0.29, 0.717) is 0 Å². The van der Waals surface area contributed by atoms with Gasteiger partial charge in [-0.05, 0) is 6.42 Å². The molecule has 4 nitrogen and oxygen atoms in total. The Morgan fingerprint density at radius 2 is 1.60 bits per heavy atom. The van der Waals surface area contributed by atoms with Crippen molar-refractivity contribution in [3.63, 3.8) is 0 Å². The number of rotatable bonds is 11. The monoisotopic (exact) mass is 279 g/mol. The number of carbonyl (C=O) groups is 1. The maximum Gasteiger partial charge on any atom is 0.326 e. The Bertz CT molecular complexity index is 336. The van der Waals surface area contributed by atoms with E-state index < -0.39 is 0 Å². The molecule has 0 bridgehead atoms. The highest BCUT2D eigenvalue weighted by atomic mass is 16.2. The first kappa shape index (κ1) is 16.7. The lowest BCUT2D eigenvalue weighted by Crippen LogP contribution is -2.28. The van der Waals surface area contributed by atoms with Gasteiger partial charge >= 0.3 is 6.03 Å². The molecule has 20 heavy (non-hydrogen) atoms. The van der Waals surface area contributed by atoms with Gasteiger partial charge in [0.2, 0.25) is 0 Å². The number of nitrogens with zero attached hydrogens (tertiary/aromatic N) is 2. The molecule has 1 rings (SSSR count). The van der Waals surface area contributed by atoms with Crippen molar-refractivity contribution in [1.29, 1.82) is 0 Å². The molecule has 0 unspecified atom stereocenters. The van der Waals surface area contributed by atoms with Crippen LogP contribution < -0.4 is 5.32 Å². The summed E-state index contributed by atoms with van der Waals surface area (Å²) in [7, 11) is 0. The van der Waals surface area contributed by atoms with Crippen LogP contribution in [0.3, 0.4) is 0 Å². The van der Waals surface area contributed by atoms with Crippen molar-refractivity contribution >= 4 is 6.03 Å². The summed E-state index contributed by atoms with van der Waals surface area (Å²) in [5, 5.41) is 2.89. The van der Waals surface area contributed by atoms with E-state index in [1.807, 2.05) is 0 Å². The van der Waals surface area contributed by atoms with Crippen molar-refractivity contribution in [3.05, 3.63) is 18.7 Å². The summed E-state index contributed by atoms with van der Waals surface area (Å²) in [5.74, 6) is 0. The number of nitrogens with one attached hydrogen (secondary N) is 1. The summed E-state index contributed by atoms with van der Waals surface area (Å²) in [6.45, 7) is 3.01. The molecule has 0 saturated carbocycles. The molecule has 0 radical (unpaired) electrons. The van der Waals surface area contributed by atoms with Gasteiger partial charge in [-0.25, -0.2) is 9.78 Å². The molecule has 0 aromatic carbocycles. The van der Waals surface area contributed by atoms with Crippen molar-refractivity contribution in [1.82, 2.24) is 14.9 Å². The second-order valence-corrected chi connectivity index (χ2v) is 5.38. The molecule has 0 atom stereocenters. The molecule has 0 fully saturated rings. The van der Waals surface area contributed by atoms with Crippen molar-refractivity contribution in [2.45, 2.75) is 71.1 Å². The van der Waals surface area contributed by atoms with Crippen LogP contribution in [0, 0.1) is 0 Å². The Morgan fingerprint density at radius 3 is 2.15 bits per heavy atom. The number of carbonyl (C=O) groups excluding carboxylic acids is 1. The second-order valence-electron chi connectivity index (χ2n) is 5.38. The maximum absolute atomic E-state index is 11.6. The summed E-state index contributed by atoms with van der Waals surface area (Å²) >= 11 is 0. The van der Waals surface area contributed by atoms with E-state index >= 15 is 0 Å². The van der Waals surface area contributed by atoms with Crippen LogP contribution in [0.4, 0.5) is 4.79 Å². The topological polar surface area (TPSA) is 46.9 Å². The fourth-order valence-corrected chi connectivity index (χ4v) is 2.28. The highest BCUT2D eigenvalue weighted by molar-refractivity contribution is 5.76. The Kier molecular flexibility index (Phi) is 9.62. The number of amides is 1. The van der Waals surface area contributed by atoms with Gasteiger partial charge in [0.1, 0.15) is 6.33 Å². The second kappa shape index (κ2) is 11.5. The van der Waals surface area contributed by atoms with Crippen LogP contribution in [0.25, 0.3) is 0 Å². The largest absolute Gasteiger partial charge is 0.337 e. The van der Waals surface area contributed by atoms with Crippen LogP contribution in [-0.2, 0) is 0 Å². The Hall–Kier alpha value is -1.32. The van der Waals surface area contributed by atoms with Gasteiger partial charge in [0.05, 0.1) is 0 Å². The smallest absolute Gasteiger partial charge is 0.326 e. The zero-order chi connectivity index (χ0) is 14.5. The van der Waals surface area contributed by atoms with Crippen molar-refractivity contribution in [2.24, 2.45) is 0 Å². The number of imidazole rings is 1. The SMILES string of the molecule is CCCCCCCCCCCCNC(=O)n1ccnc1. The van der Waals surface area contributed by atoms with Gasteiger partial charge < -0.3 is 5.32 Å². The van der Waals surface area contributed by atoms with Gasteiger partial charge in [-0.1, -0.05) is 64.7 Å². The van der Waals surface area contributed by atoms with E-state index in [4.69, 9.17) is 0 Å². The summed E-state index contributed by atoms with van der Waals surface area (Å²) in [5.41, 5.74) is 0. The molecule has 0 aliphatic rings. The molecule has 1 amide bonds. The van der Waals surface area contributed by atoms with Gasteiger partial charge in [-0.15, -0.1) is 0 Å². The van der Waals surface area contributed by atoms with Crippen molar-refractivity contribution in [2.75, 3.05) is 6.54 Å². The summed E-state index contributed by atoms with van der Waals surface area (Å²) < 4.78 is 1.47. The number of hydrogen-bond acceptors (Lipinski definition) is 2. The van der Waals surface area contributed by atoms with Gasteiger partial charge in [0.15, 0.2) is 0 Å². The van der Waals surface area contributed by atoms with Gasteiger partial charge in [0, 0.05) is 18.9 Å². The lowest BCUT2D eigenvalue weighted by molar-refractivity contribution is 0.242. The number of unbranched alkanes of at least 4 members (excludes halogenated alkanes) is 9. The summed E-state index contributed by atoms with van der Waals surface area (Å²) in [6, 6.07) is -0.0848. The molecule has 1 aromatic rings. The molecular formula is C16H29N3O. The molecule has 0 aliphatic carbocycles. The first-order chi connectivity index (χ1) is 9.84.